The Balaban J connectivity index is 1.55. The van der Waals surface area contributed by atoms with Gasteiger partial charge in [-0.25, -0.2) is 13.6 Å². The Kier molecular flexibility index (Phi) is 4.57. The third-order valence-electron chi connectivity index (χ3n) is 6.50. The number of likely N-dealkylation sites (tertiary alicyclic amines) is 1. The topological polar surface area (TPSA) is 92.5 Å². The first-order valence-corrected chi connectivity index (χ1v) is 11.1. The van der Waals surface area contributed by atoms with Crippen LogP contribution in [0, 0.1) is 5.41 Å². The zero-order valence-corrected chi connectivity index (χ0v) is 15.7. The summed E-state index contributed by atoms with van der Waals surface area (Å²) in [6, 6.07) is 10.9. The van der Waals surface area contributed by atoms with Crippen LogP contribution in [0.3, 0.4) is 0 Å². The Hall–Kier alpha value is -1.44. The van der Waals surface area contributed by atoms with E-state index in [0.717, 1.165) is 25.7 Å². The molecule has 3 fully saturated rings. The Morgan fingerprint density at radius 3 is 2.38 bits per heavy atom. The van der Waals surface area contributed by atoms with E-state index < -0.39 is 20.7 Å². The molecule has 0 aliphatic carbocycles. The van der Waals surface area contributed by atoms with Gasteiger partial charge in [0, 0.05) is 25.2 Å². The lowest BCUT2D eigenvalue weighted by Crippen LogP contribution is -2.54. The monoisotopic (exact) mass is 377 g/mol. The highest BCUT2D eigenvalue weighted by Crippen LogP contribution is 2.47. The van der Waals surface area contributed by atoms with Gasteiger partial charge in [0.05, 0.1) is 10.7 Å². The molecule has 0 radical (unpaired) electrons. The minimum Gasteiger partial charge on any atom is -0.342 e. The highest BCUT2D eigenvalue weighted by molar-refractivity contribution is 7.89. The molecular weight excluding hydrogens is 350 g/mol. The predicted octanol–water partition coefficient (Wildman–Crippen LogP) is 1.02. The Bertz CT molecular complexity index is 774. The van der Waals surface area contributed by atoms with E-state index in [9.17, 15) is 13.2 Å². The van der Waals surface area contributed by atoms with Crippen LogP contribution in [0.15, 0.2) is 30.3 Å². The second kappa shape index (κ2) is 6.62. The molecule has 3 atom stereocenters. The molecule has 0 aromatic heterocycles. The van der Waals surface area contributed by atoms with Gasteiger partial charge in [-0.2, -0.15) is 0 Å². The van der Waals surface area contributed by atoms with Crippen molar-refractivity contribution in [3.63, 3.8) is 0 Å². The number of hydrogen-bond donors (Lipinski definition) is 2. The van der Waals surface area contributed by atoms with Crippen molar-refractivity contribution in [2.45, 2.75) is 55.9 Å². The molecule has 142 valence electrons. The first-order valence-electron chi connectivity index (χ1n) is 9.49. The van der Waals surface area contributed by atoms with Crippen LogP contribution in [0.1, 0.15) is 37.7 Å². The molecule has 3 heterocycles. The molecule has 7 heteroatoms. The molecule has 26 heavy (non-hydrogen) atoms. The maximum Gasteiger partial charge on any atom is 0.230 e. The molecule has 0 unspecified atom stereocenters. The van der Waals surface area contributed by atoms with E-state index in [-0.39, 0.29) is 11.9 Å². The summed E-state index contributed by atoms with van der Waals surface area (Å²) in [6.07, 6.45) is 4.68. The third kappa shape index (κ3) is 3.17. The van der Waals surface area contributed by atoms with Crippen LogP contribution in [0.4, 0.5) is 0 Å². The number of rotatable bonds is 4. The molecule has 4 rings (SSSR count). The maximum absolute atomic E-state index is 13.6. The molecule has 3 N–H and O–H groups in total. The Morgan fingerprint density at radius 2 is 1.85 bits per heavy atom. The number of carbonyl (C=O) groups excluding carboxylic acids is 1. The highest BCUT2D eigenvalue weighted by atomic mass is 32.2. The standard InChI is InChI=1S/C19H27N3O3S/c20-26(24,25)16-8-10-22(11-9-16)18(23)19(12-14-4-2-1-3-5-14)13-15-6-7-17(19)21-15/h1-5,15-17,21H,6-13H2,(H2,20,24,25)/t15-,17+,19+/m0/s1. The minimum atomic E-state index is -3.52. The van der Waals surface area contributed by atoms with Gasteiger partial charge < -0.3 is 10.2 Å². The number of amides is 1. The summed E-state index contributed by atoms with van der Waals surface area (Å²) in [4.78, 5) is 15.5. The van der Waals surface area contributed by atoms with Gasteiger partial charge in [0.2, 0.25) is 15.9 Å². The summed E-state index contributed by atoms with van der Waals surface area (Å²) in [7, 11) is -3.52. The van der Waals surface area contributed by atoms with Crippen molar-refractivity contribution in [2.24, 2.45) is 10.6 Å². The van der Waals surface area contributed by atoms with Gasteiger partial charge in [-0.3, -0.25) is 4.79 Å². The number of nitrogens with zero attached hydrogens (tertiary/aromatic N) is 1. The second-order valence-corrected chi connectivity index (χ2v) is 9.94. The van der Waals surface area contributed by atoms with Gasteiger partial charge in [-0.15, -0.1) is 0 Å². The fourth-order valence-electron chi connectivity index (χ4n) is 5.17. The van der Waals surface area contributed by atoms with E-state index >= 15 is 0 Å². The van der Waals surface area contributed by atoms with E-state index in [2.05, 4.69) is 17.4 Å². The van der Waals surface area contributed by atoms with E-state index in [4.69, 9.17) is 5.14 Å². The zero-order chi connectivity index (χ0) is 18.4. The third-order valence-corrected chi connectivity index (χ3v) is 7.90. The Morgan fingerprint density at radius 1 is 1.15 bits per heavy atom. The highest BCUT2D eigenvalue weighted by Gasteiger charge is 2.56. The summed E-state index contributed by atoms with van der Waals surface area (Å²) in [5, 5.41) is 8.40. The number of nitrogens with one attached hydrogen (secondary N) is 1. The molecule has 3 aliphatic heterocycles. The number of benzene rings is 1. The van der Waals surface area contributed by atoms with Crippen molar-refractivity contribution in [2.75, 3.05) is 13.1 Å². The molecule has 6 nitrogen and oxygen atoms in total. The zero-order valence-electron chi connectivity index (χ0n) is 14.9. The average molecular weight is 378 g/mol. The van der Waals surface area contributed by atoms with Crippen LogP contribution in [-0.4, -0.2) is 49.6 Å². The quantitative estimate of drug-likeness (QED) is 0.819. The number of piperidine rings is 1. The first kappa shape index (κ1) is 17.9. The Labute approximate surface area is 155 Å². The lowest BCUT2D eigenvalue weighted by molar-refractivity contribution is -0.144. The van der Waals surface area contributed by atoms with Gasteiger partial charge in [0.15, 0.2) is 0 Å². The van der Waals surface area contributed by atoms with Crippen molar-refractivity contribution in [1.29, 1.82) is 0 Å². The van der Waals surface area contributed by atoms with Gasteiger partial charge in [0.25, 0.3) is 0 Å². The van der Waals surface area contributed by atoms with Crippen molar-refractivity contribution in [3.8, 4) is 0 Å². The van der Waals surface area contributed by atoms with Crippen LogP contribution in [0.2, 0.25) is 0 Å². The summed E-state index contributed by atoms with van der Waals surface area (Å²) < 4.78 is 23.2. The normalized spacial score (nSPS) is 32.1. The first-order chi connectivity index (χ1) is 12.4. The predicted molar refractivity (Wildman–Crippen MR) is 99.9 cm³/mol. The summed E-state index contributed by atoms with van der Waals surface area (Å²) in [5.41, 5.74) is 0.785. The molecule has 2 bridgehead atoms. The van der Waals surface area contributed by atoms with Crippen LogP contribution in [0.25, 0.3) is 0 Å². The van der Waals surface area contributed by atoms with Crippen molar-refractivity contribution in [3.05, 3.63) is 35.9 Å². The molecular formula is C19H27N3O3S. The van der Waals surface area contributed by atoms with E-state index in [0.29, 0.717) is 32.0 Å². The van der Waals surface area contributed by atoms with E-state index in [1.165, 1.54) is 5.56 Å². The van der Waals surface area contributed by atoms with Crippen LogP contribution in [0.5, 0.6) is 0 Å². The van der Waals surface area contributed by atoms with Gasteiger partial charge in [0.1, 0.15) is 0 Å². The summed E-state index contributed by atoms with van der Waals surface area (Å²) in [6.45, 7) is 0.960. The SMILES string of the molecule is NS(=O)(=O)C1CCN(C(=O)[C@]2(Cc3ccccc3)C[C@@H]3CC[C@H]2N3)CC1. The number of nitrogens with two attached hydrogens (primary N) is 1. The molecule has 3 saturated heterocycles. The number of primary sulfonamides is 1. The number of hydrogen-bond acceptors (Lipinski definition) is 4. The largest absolute Gasteiger partial charge is 0.342 e. The second-order valence-electron chi connectivity index (χ2n) is 8.10. The van der Waals surface area contributed by atoms with Gasteiger partial charge >= 0.3 is 0 Å². The van der Waals surface area contributed by atoms with Gasteiger partial charge in [-0.05, 0) is 44.1 Å². The number of sulfonamides is 1. The van der Waals surface area contributed by atoms with Crippen LogP contribution < -0.4 is 10.5 Å². The number of fused-ring (bicyclic) bond motifs is 2. The van der Waals surface area contributed by atoms with Crippen molar-refractivity contribution < 1.29 is 13.2 Å². The molecule has 3 aliphatic rings. The molecule has 0 saturated carbocycles. The van der Waals surface area contributed by atoms with Crippen LogP contribution in [-0.2, 0) is 21.2 Å². The number of carbonyl (C=O) groups is 1. The average Bonchev–Trinajstić information content (AvgIpc) is 3.23. The van der Waals surface area contributed by atoms with E-state index in [1.54, 1.807) is 0 Å². The molecule has 1 aromatic carbocycles. The smallest absolute Gasteiger partial charge is 0.230 e. The van der Waals surface area contributed by atoms with Crippen molar-refractivity contribution in [1.82, 2.24) is 10.2 Å². The minimum absolute atomic E-state index is 0.189. The fourth-order valence-corrected chi connectivity index (χ4v) is 6.04. The molecule has 1 aromatic rings. The lowest BCUT2D eigenvalue weighted by Gasteiger charge is -2.41. The lowest BCUT2D eigenvalue weighted by atomic mass is 9.68. The van der Waals surface area contributed by atoms with E-state index in [1.807, 2.05) is 23.1 Å². The van der Waals surface area contributed by atoms with Crippen LogP contribution >= 0.6 is 0 Å². The molecule has 0 spiro atoms. The maximum atomic E-state index is 13.6. The fraction of sp³-hybridized carbons (Fsp3) is 0.632. The summed E-state index contributed by atoms with van der Waals surface area (Å²) in [5.74, 6) is 0.189. The molecule has 1 amide bonds. The van der Waals surface area contributed by atoms with Gasteiger partial charge in [-0.1, -0.05) is 30.3 Å². The summed E-state index contributed by atoms with van der Waals surface area (Å²) >= 11 is 0. The van der Waals surface area contributed by atoms with Crippen molar-refractivity contribution >= 4 is 15.9 Å².